The SMILES string of the molecule is CCC(C)(CC)C1C[N+](O)(CCC(=O)NCC(O)NCC(=O)NC(Cc2ccccc2)C(=O)NCC(=O)NCCC(N)O)C1=O. The van der Waals surface area contributed by atoms with Gasteiger partial charge in [0, 0.05) is 19.4 Å². The van der Waals surface area contributed by atoms with Gasteiger partial charge in [0.25, 0.3) is 0 Å². The molecule has 1 aliphatic rings. The van der Waals surface area contributed by atoms with E-state index in [1.165, 1.54) is 0 Å². The maximum atomic E-state index is 12.8. The summed E-state index contributed by atoms with van der Waals surface area (Å²) >= 11 is 0. The van der Waals surface area contributed by atoms with Crippen molar-refractivity contribution in [3.05, 3.63) is 35.9 Å². The maximum absolute atomic E-state index is 12.8. The van der Waals surface area contributed by atoms with Crippen LogP contribution in [-0.2, 0) is 30.4 Å². The number of carbonyl (C=O) groups is 5. The average Bonchev–Trinajstić information content (AvgIpc) is 3.02. The molecule has 252 valence electrons. The monoisotopic (exact) mass is 636 g/mol. The Morgan fingerprint density at radius 3 is 2.27 bits per heavy atom. The smallest absolute Gasteiger partial charge is 0.355 e. The van der Waals surface area contributed by atoms with Gasteiger partial charge in [-0.05, 0) is 23.8 Å². The zero-order chi connectivity index (χ0) is 33.6. The molecule has 15 nitrogen and oxygen atoms in total. The van der Waals surface area contributed by atoms with Gasteiger partial charge in [-0.3, -0.25) is 24.5 Å². The summed E-state index contributed by atoms with van der Waals surface area (Å²) in [5.41, 5.74) is 5.80. The van der Waals surface area contributed by atoms with Crippen molar-refractivity contribution in [2.45, 2.75) is 71.4 Å². The Morgan fingerprint density at radius 1 is 1.00 bits per heavy atom. The first-order valence-electron chi connectivity index (χ1n) is 15.4. The van der Waals surface area contributed by atoms with Crippen molar-refractivity contribution in [1.82, 2.24) is 26.6 Å². The van der Waals surface area contributed by atoms with Crippen molar-refractivity contribution in [3.63, 3.8) is 0 Å². The summed E-state index contributed by atoms with van der Waals surface area (Å²) in [6, 6.07) is 7.92. The minimum atomic E-state index is -1.29. The molecule has 0 spiro atoms. The van der Waals surface area contributed by atoms with E-state index in [0.717, 1.165) is 18.4 Å². The van der Waals surface area contributed by atoms with Gasteiger partial charge in [-0.2, -0.15) is 0 Å². The summed E-state index contributed by atoms with van der Waals surface area (Å²) in [5, 5.41) is 42.6. The summed E-state index contributed by atoms with van der Waals surface area (Å²) in [6.45, 7) is 5.42. The third-order valence-corrected chi connectivity index (χ3v) is 8.47. The van der Waals surface area contributed by atoms with E-state index < -0.39 is 46.8 Å². The second-order valence-electron chi connectivity index (χ2n) is 11.8. The lowest BCUT2D eigenvalue weighted by molar-refractivity contribution is -1.06. The fraction of sp³-hybridized carbons (Fsp3) is 0.633. The molecule has 1 fully saturated rings. The molecule has 1 aromatic carbocycles. The van der Waals surface area contributed by atoms with Gasteiger partial charge in [0.1, 0.15) is 37.5 Å². The van der Waals surface area contributed by atoms with Gasteiger partial charge in [-0.15, -0.1) is 4.65 Å². The molecule has 15 heteroatoms. The molecule has 2 rings (SSSR count). The third-order valence-electron chi connectivity index (χ3n) is 8.47. The Bertz CT molecular complexity index is 1150. The number of aliphatic hydroxyl groups is 2. The Morgan fingerprint density at radius 2 is 1.67 bits per heavy atom. The standard InChI is InChI=1S/C30H49N7O8/c1-4-30(3,5-2)21-19-37(45,29(21)44)14-12-24(39)33-16-26(41)34-18-27(42)36-22(15-20-9-7-6-8-10-20)28(43)35-17-25(40)32-13-11-23(31)38/h6-10,21-23,26,34,38,41,45H,4-5,11-19,31H2,1-3H3,(H3-,32,33,35,36,39,40,42,43)/p+1. The number of amides is 5. The van der Waals surface area contributed by atoms with Crippen LogP contribution in [0.1, 0.15) is 52.0 Å². The number of hydrogen-bond acceptors (Lipinski definition) is 10. The summed E-state index contributed by atoms with van der Waals surface area (Å²) in [4.78, 5) is 62.4. The third kappa shape index (κ3) is 12.1. The number of rotatable bonds is 20. The first kappa shape index (κ1) is 37.7. The number of carbonyl (C=O) groups excluding carboxylic acids is 5. The van der Waals surface area contributed by atoms with Crippen molar-refractivity contribution < 1.29 is 44.0 Å². The largest absolute Gasteiger partial charge is 0.379 e. The van der Waals surface area contributed by atoms with E-state index in [-0.39, 0.29) is 75.8 Å². The fourth-order valence-electron chi connectivity index (χ4n) is 5.00. The molecule has 45 heavy (non-hydrogen) atoms. The number of β-lactam (4-membered cyclic amide) rings is 1. The Balaban J connectivity index is 1.78. The molecule has 10 N–H and O–H groups in total. The van der Waals surface area contributed by atoms with Crippen LogP contribution in [0.4, 0.5) is 0 Å². The zero-order valence-corrected chi connectivity index (χ0v) is 26.4. The molecule has 1 heterocycles. The molecule has 0 bridgehead atoms. The number of benzene rings is 1. The molecule has 0 radical (unpaired) electrons. The van der Waals surface area contributed by atoms with Crippen molar-refractivity contribution in [2.75, 3.05) is 39.3 Å². The van der Waals surface area contributed by atoms with E-state index in [4.69, 9.17) is 10.8 Å². The lowest BCUT2D eigenvalue weighted by Crippen LogP contribution is -2.70. The van der Waals surface area contributed by atoms with Crippen molar-refractivity contribution in [2.24, 2.45) is 17.1 Å². The summed E-state index contributed by atoms with van der Waals surface area (Å²) < 4.78 is -0.782. The number of nitrogens with one attached hydrogen (secondary N) is 5. The lowest BCUT2D eigenvalue weighted by atomic mass is 9.68. The minimum Gasteiger partial charge on any atom is -0.379 e. The molecule has 1 saturated heterocycles. The van der Waals surface area contributed by atoms with Crippen LogP contribution < -0.4 is 32.3 Å². The predicted molar refractivity (Wildman–Crippen MR) is 164 cm³/mol. The van der Waals surface area contributed by atoms with Gasteiger partial charge in [-0.25, -0.2) is 10.0 Å². The number of hydroxylamine groups is 3. The van der Waals surface area contributed by atoms with Crippen molar-refractivity contribution in [1.29, 1.82) is 0 Å². The molecule has 5 unspecified atom stereocenters. The van der Waals surface area contributed by atoms with E-state index >= 15 is 0 Å². The molecule has 5 amide bonds. The second-order valence-corrected chi connectivity index (χ2v) is 11.8. The molecule has 0 aliphatic carbocycles. The normalized spacial score (nSPS) is 19.9. The fourth-order valence-corrected chi connectivity index (χ4v) is 5.00. The van der Waals surface area contributed by atoms with Crippen molar-refractivity contribution >= 4 is 29.5 Å². The predicted octanol–water partition coefficient (Wildman–Crippen LogP) is -1.78. The molecular formula is C30H50N7O8+. The average molecular weight is 637 g/mol. The van der Waals surface area contributed by atoms with Crippen molar-refractivity contribution in [3.8, 4) is 0 Å². The van der Waals surface area contributed by atoms with E-state index in [0.29, 0.717) is 0 Å². The molecule has 1 aliphatic heterocycles. The van der Waals surface area contributed by atoms with Gasteiger partial charge >= 0.3 is 5.91 Å². The van der Waals surface area contributed by atoms with Gasteiger partial charge in [0.05, 0.1) is 26.1 Å². The van der Waals surface area contributed by atoms with Crippen LogP contribution in [0.25, 0.3) is 0 Å². The van der Waals surface area contributed by atoms with Gasteiger partial charge < -0.3 is 37.2 Å². The van der Waals surface area contributed by atoms with E-state index in [2.05, 4.69) is 26.6 Å². The highest BCUT2D eigenvalue weighted by Crippen LogP contribution is 2.43. The second kappa shape index (κ2) is 17.9. The molecule has 1 aromatic rings. The van der Waals surface area contributed by atoms with Crippen LogP contribution in [-0.4, -0.2) is 107 Å². The van der Waals surface area contributed by atoms with Crippen LogP contribution in [0.5, 0.6) is 0 Å². The van der Waals surface area contributed by atoms with E-state index in [9.17, 15) is 34.3 Å². The van der Waals surface area contributed by atoms with Crippen LogP contribution in [0, 0.1) is 11.3 Å². The van der Waals surface area contributed by atoms with Gasteiger partial charge in [0.15, 0.2) is 0 Å². The highest BCUT2D eigenvalue weighted by atomic mass is 16.6. The number of nitrogens with zero attached hydrogens (tertiary/aromatic N) is 1. The van der Waals surface area contributed by atoms with Crippen LogP contribution in [0.3, 0.4) is 0 Å². The maximum Gasteiger partial charge on any atom is 0.355 e. The van der Waals surface area contributed by atoms with Gasteiger partial charge in [-0.1, -0.05) is 51.1 Å². The number of hydrogen-bond donors (Lipinski definition) is 9. The van der Waals surface area contributed by atoms with E-state index in [1.807, 2.05) is 26.8 Å². The van der Waals surface area contributed by atoms with Gasteiger partial charge in [0.2, 0.25) is 23.6 Å². The number of nitrogens with two attached hydrogens (primary N) is 1. The summed E-state index contributed by atoms with van der Waals surface area (Å²) in [7, 11) is 0. The topological polar surface area (TPSA) is 232 Å². The number of likely N-dealkylation sites (tertiary alicyclic amines) is 1. The summed E-state index contributed by atoms with van der Waals surface area (Å²) in [6.07, 6.45) is -0.571. The zero-order valence-electron chi connectivity index (χ0n) is 26.4. The quantitative estimate of drug-likeness (QED) is 0.0338. The molecular weight excluding hydrogens is 586 g/mol. The highest BCUT2D eigenvalue weighted by molar-refractivity contribution is 5.91. The lowest BCUT2D eigenvalue weighted by Gasteiger charge is -2.47. The first-order chi connectivity index (χ1) is 21.2. The van der Waals surface area contributed by atoms with Crippen LogP contribution >= 0.6 is 0 Å². The van der Waals surface area contributed by atoms with E-state index in [1.54, 1.807) is 24.3 Å². The molecule has 5 atom stereocenters. The molecule has 0 aromatic heterocycles. The number of quaternary nitrogens is 1. The first-order valence-corrected chi connectivity index (χ1v) is 15.4. The molecule has 0 saturated carbocycles. The number of aliphatic hydroxyl groups excluding tert-OH is 2. The Labute approximate surface area is 263 Å². The highest BCUT2D eigenvalue weighted by Gasteiger charge is 2.60. The Kier molecular flexibility index (Phi) is 15.0. The minimum absolute atomic E-state index is 0.0695. The Hall–Kier alpha value is -3.47. The van der Waals surface area contributed by atoms with Crippen LogP contribution in [0.15, 0.2) is 30.3 Å². The summed E-state index contributed by atoms with van der Waals surface area (Å²) in [5.74, 6) is -2.71. The van der Waals surface area contributed by atoms with Crippen LogP contribution in [0.2, 0.25) is 0 Å².